The molecule has 0 spiro atoms. The summed E-state index contributed by atoms with van der Waals surface area (Å²) >= 11 is 0. The second-order valence-electron chi connectivity index (χ2n) is 7.86. The lowest BCUT2D eigenvalue weighted by Crippen LogP contribution is -2.29. The monoisotopic (exact) mass is 398 g/mol. The van der Waals surface area contributed by atoms with Gasteiger partial charge in [0.15, 0.2) is 0 Å². The summed E-state index contributed by atoms with van der Waals surface area (Å²) in [6, 6.07) is 15.8. The quantitative estimate of drug-likeness (QED) is 0.520. The first-order chi connectivity index (χ1) is 14.4. The summed E-state index contributed by atoms with van der Waals surface area (Å²) < 4.78 is 2.22. The van der Waals surface area contributed by atoms with E-state index < -0.39 is 0 Å². The van der Waals surface area contributed by atoms with Crippen molar-refractivity contribution in [3.8, 4) is 0 Å². The summed E-state index contributed by atoms with van der Waals surface area (Å²) in [5.41, 5.74) is 7.62. The molecule has 0 aliphatic rings. The number of hydrogen-bond acceptors (Lipinski definition) is 3. The van der Waals surface area contributed by atoms with Crippen LogP contribution >= 0.6 is 0 Å². The molecule has 30 heavy (non-hydrogen) atoms. The molecule has 0 bridgehead atoms. The number of para-hydroxylation sites is 2. The van der Waals surface area contributed by atoms with Crippen molar-refractivity contribution in [1.29, 1.82) is 0 Å². The summed E-state index contributed by atoms with van der Waals surface area (Å²) in [6.07, 6.45) is 3.23. The van der Waals surface area contributed by atoms with Gasteiger partial charge in [0.25, 0.3) is 5.91 Å². The molecule has 5 nitrogen and oxygen atoms in total. The number of benzene rings is 2. The minimum absolute atomic E-state index is 0.156. The number of carbonyl (C=O) groups excluding carboxylic acids is 1. The Hall–Kier alpha value is -3.47. The number of imidazole rings is 1. The molecule has 152 valence electrons. The van der Waals surface area contributed by atoms with Gasteiger partial charge < -0.3 is 9.88 Å². The number of hydrogen-bond donors (Lipinski definition) is 1. The number of pyridine rings is 1. The molecule has 1 unspecified atom stereocenters. The maximum absolute atomic E-state index is 12.7. The van der Waals surface area contributed by atoms with E-state index in [1.165, 1.54) is 22.3 Å². The molecular weight excluding hydrogens is 372 g/mol. The van der Waals surface area contributed by atoms with Crippen LogP contribution in [0.15, 0.2) is 60.9 Å². The van der Waals surface area contributed by atoms with Gasteiger partial charge in [-0.15, -0.1) is 0 Å². The number of aryl methyl sites for hydroxylation is 3. The van der Waals surface area contributed by atoms with Crippen LogP contribution in [0.3, 0.4) is 0 Å². The first-order valence-electron chi connectivity index (χ1n) is 10.2. The molecule has 2 aromatic heterocycles. The maximum atomic E-state index is 12.7. The molecule has 1 N–H and O–H groups in total. The number of amides is 1. The van der Waals surface area contributed by atoms with Gasteiger partial charge in [0.1, 0.15) is 5.82 Å². The van der Waals surface area contributed by atoms with Crippen LogP contribution in [0.25, 0.3) is 11.0 Å². The van der Waals surface area contributed by atoms with Crippen LogP contribution in [-0.4, -0.2) is 20.4 Å². The van der Waals surface area contributed by atoms with E-state index in [4.69, 9.17) is 4.98 Å². The molecule has 1 amide bonds. The van der Waals surface area contributed by atoms with Crippen LogP contribution in [0, 0.1) is 20.8 Å². The molecule has 0 aliphatic carbocycles. The summed E-state index contributed by atoms with van der Waals surface area (Å²) in [4.78, 5) is 21.6. The Kier molecular flexibility index (Phi) is 5.36. The van der Waals surface area contributed by atoms with E-state index in [-0.39, 0.29) is 11.9 Å². The first kappa shape index (κ1) is 19.8. The Bertz CT molecular complexity index is 1190. The van der Waals surface area contributed by atoms with Crippen LogP contribution in [0.4, 0.5) is 0 Å². The van der Waals surface area contributed by atoms with Gasteiger partial charge >= 0.3 is 0 Å². The molecule has 0 fully saturated rings. The Morgan fingerprint density at radius 1 is 1.07 bits per heavy atom. The lowest BCUT2D eigenvalue weighted by Gasteiger charge is -2.19. The Labute approximate surface area is 176 Å². The molecule has 1 atom stereocenters. The summed E-state index contributed by atoms with van der Waals surface area (Å²) in [7, 11) is 0. The van der Waals surface area contributed by atoms with Gasteiger partial charge in [0.2, 0.25) is 0 Å². The zero-order valence-corrected chi connectivity index (χ0v) is 17.8. The van der Waals surface area contributed by atoms with Crippen LogP contribution in [-0.2, 0) is 6.54 Å². The highest BCUT2D eigenvalue weighted by molar-refractivity contribution is 5.94. The van der Waals surface area contributed by atoms with Crippen molar-refractivity contribution in [2.45, 2.75) is 40.3 Å². The largest absolute Gasteiger partial charge is 0.342 e. The maximum Gasteiger partial charge on any atom is 0.253 e. The number of nitrogens with zero attached hydrogens (tertiary/aromatic N) is 3. The summed E-state index contributed by atoms with van der Waals surface area (Å²) in [5, 5.41) is 3.08. The van der Waals surface area contributed by atoms with Crippen molar-refractivity contribution < 1.29 is 4.79 Å². The highest BCUT2D eigenvalue weighted by Gasteiger charge is 2.20. The predicted molar refractivity (Wildman–Crippen MR) is 120 cm³/mol. The average Bonchev–Trinajstić information content (AvgIpc) is 3.10. The Morgan fingerprint density at radius 3 is 2.50 bits per heavy atom. The highest BCUT2D eigenvalue weighted by atomic mass is 16.1. The topological polar surface area (TPSA) is 59.8 Å². The SMILES string of the molecule is Cc1cc(C)c(Cn2c(C(C)NC(=O)c3cccnc3)nc3ccccc32)c(C)c1. The van der Waals surface area contributed by atoms with E-state index >= 15 is 0 Å². The van der Waals surface area contributed by atoms with Gasteiger partial charge in [-0.05, 0) is 68.7 Å². The van der Waals surface area contributed by atoms with E-state index in [2.05, 4.69) is 53.8 Å². The fourth-order valence-electron chi connectivity index (χ4n) is 4.05. The van der Waals surface area contributed by atoms with Crippen molar-refractivity contribution >= 4 is 16.9 Å². The summed E-state index contributed by atoms with van der Waals surface area (Å²) in [6.45, 7) is 9.11. The van der Waals surface area contributed by atoms with Crippen molar-refractivity contribution in [3.05, 3.63) is 94.6 Å². The van der Waals surface area contributed by atoms with Gasteiger partial charge in [0, 0.05) is 18.9 Å². The first-order valence-corrected chi connectivity index (χ1v) is 10.2. The van der Waals surface area contributed by atoms with E-state index in [1.54, 1.807) is 24.5 Å². The van der Waals surface area contributed by atoms with Crippen LogP contribution in [0.2, 0.25) is 0 Å². The normalized spacial score (nSPS) is 12.1. The fraction of sp³-hybridized carbons (Fsp3) is 0.240. The molecule has 4 aromatic rings. The van der Waals surface area contributed by atoms with Gasteiger partial charge in [-0.2, -0.15) is 0 Å². The van der Waals surface area contributed by atoms with Gasteiger partial charge in [-0.25, -0.2) is 4.98 Å². The standard InChI is InChI=1S/C25H26N4O/c1-16-12-17(2)21(18(3)13-16)15-29-23-10-6-5-9-22(23)28-24(29)19(4)27-25(30)20-8-7-11-26-14-20/h5-14,19H,15H2,1-4H3,(H,27,30). The Morgan fingerprint density at radius 2 is 1.80 bits per heavy atom. The van der Waals surface area contributed by atoms with E-state index in [0.29, 0.717) is 12.1 Å². The van der Waals surface area contributed by atoms with E-state index in [9.17, 15) is 4.79 Å². The van der Waals surface area contributed by atoms with Crippen molar-refractivity contribution in [3.63, 3.8) is 0 Å². The van der Waals surface area contributed by atoms with Gasteiger partial charge in [0.05, 0.1) is 22.6 Å². The third kappa shape index (κ3) is 3.83. The molecule has 5 heteroatoms. The molecule has 2 heterocycles. The van der Waals surface area contributed by atoms with Gasteiger partial charge in [-0.3, -0.25) is 9.78 Å². The number of rotatable bonds is 5. The zero-order chi connectivity index (χ0) is 21.3. The van der Waals surface area contributed by atoms with Crippen LogP contribution in [0.1, 0.15) is 51.4 Å². The third-order valence-corrected chi connectivity index (χ3v) is 5.50. The van der Waals surface area contributed by atoms with Crippen molar-refractivity contribution in [1.82, 2.24) is 19.9 Å². The number of carbonyl (C=O) groups is 1. The van der Waals surface area contributed by atoms with Crippen LogP contribution < -0.4 is 5.32 Å². The lowest BCUT2D eigenvalue weighted by molar-refractivity contribution is 0.0937. The van der Waals surface area contributed by atoms with Crippen molar-refractivity contribution in [2.75, 3.05) is 0 Å². The third-order valence-electron chi connectivity index (χ3n) is 5.50. The van der Waals surface area contributed by atoms with E-state index in [1.807, 2.05) is 25.1 Å². The number of nitrogens with one attached hydrogen (secondary N) is 1. The second kappa shape index (κ2) is 8.11. The lowest BCUT2D eigenvalue weighted by atomic mass is 9.99. The zero-order valence-electron chi connectivity index (χ0n) is 17.8. The molecule has 0 saturated carbocycles. The number of fused-ring (bicyclic) bond motifs is 1. The second-order valence-corrected chi connectivity index (χ2v) is 7.86. The molecule has 2 aromatic carbocycles. The number of aromatic nitrogens is 3. The smallest absolute Gasteiger partial charge is 0.253 e. The van der Waals surface area contributed by atoms with Crippen LogP contribution in [0.5, 0.6) is 0 Å². The molecule has 0 saturated heterocycles. The molecular formula is C25H26N4O. The predicted octanol–water partition coefficient (Wildman–Crippen LogP) is 4.90. The molecule has 0 radical (unpaired) electrons. The fourth-order valence-corrected chi connectivity index (χ4v) is 4.05. The van der Waals surface area contributed by atoms with Gasteiger partial charge in [-0.1, -0.05) is 29.8 Å². The molecule has 0 aliphatic heterocycles. The molecule has 4 rings (SSSR count). The minimum atomic E-state index is -0.254. The van der Waals surface area contributed by atoms with Crippen molar-refractivity contribution in [2.24, 2.45) is 0 Å². The Balaban J connectivity index is 1.73. The van der Waals surface area contributed by atoms with E-state index in [0.717, 1.165) is 16.9 Å². The average molecular weight is 399 g/mol. The summed E-state index contributed by atoms with van der Waals surface area (Å²) in [5.74, 6) is 0.685. The highest BCUT2D eigenvalue weighted by Crippen LogP contribution is 2.25. The minimum Gasteiger partial charge on any atom is -0.342 e.